The van der Waals surface area contributed by atoms with Crippen molar-refractivity contribution in [3.63, 3.8) is 0 Å². The van der Waals surface area contributed by atoms with Crippen molar-refractivity contribution in [2.75, 3.05) is 5.73 Å². The second-order valence-electron chi connectivity index (χ2n) is 2.52. The predicted molar refractivity (Wildman–Crippen MR) is 50.4 cm³/mol. The minimum atomic E-state index is 0.581. The molecule has 2 N–H and O–H groups in total. The highest BCUT2D eigenvalue weighted by Crippen LogP contribution is 2.04. The first-order valence-electron chi connectivity index (χ1n) is 3.93. The van der Waals surface area contributed by atoms with Crippen LogP contribution in [0, 0.1) is 11.8 Å². The molecule has 1 aromatic rings. The molecule has 0 radical (unpaired) electrons. The van der Waals surface area contributed by atoms with Gasteiger partial charge in [0.05, 0.1) is 0 Å². The van der Waals surface area contributed by atoms with E-state index in [1.54, 1.807) is 6.20 Å². The smallest absolute Gasteiger partial charge is 0.123 e. The SMILES string of the molecule is CC#CCCc1ccnc(N)c1. The molecule has 0 aliphatic carbocycles. The number of nitrogens with two attached hydrogens (primary N) is 1. The summed E-state index contributed by atoms with van der Waals surface area (Å²) in [6.07, 6.45) is 3.57. The molecule has 62 valence electrons. The number of aromatic nitrogens is 1. The summed E-state index contributed by atoms with van der Waals surface area (Å²) in [5.74, 6) is 6.44. The summed E-state index contributed by atoms with van der Waals surface area (Å²) in [6.45, 7) is 1.85. The number of nitrogen functional groups attached to an aromatic ring is 1. The van der Waals surface area contributed by atoms with Crippen LogP contribution in [0.15, 0.2) is 18.3 Å². The molecule has 0 saturated carbocycles. The van der Waals surface area contributed by atoms with Crippen molar-refractivity contribution < 1.29 is 0 Å². The minimum absolute atomic E-state index is 0.581. The molecule has 0 bridgehead atoms. The molecule has 0 aliphatic heterocycles. The van der Waals surface area contributed by atoms with E-state index < -0.39 is 0 Å². The van der Waals surface area contributed by atoms with Crippen molar-refractivity contribution in [3.05, 3.63) is 23.9 Å². The quantitative estimate of drug-likeness (QED) is 0.668. The molecule has 0 spiro atoms. The molecule has 0 atom stereocenters. The molecular weight excluding hydrogens is 148 g/mol. The first-order valence-corrected chi connectivity index (χ1v) is 3.93. The van der Waals surface area contributed by atoms with Crippen LogP contribution in [0.4, 0.5) is 5.82 Å². The fourth-order valence-electron chi connectivity index (χ4n) is 0.982. The highest BCUT2D eigenvalue weighted by Gasteiger charge is 1.91. The third kappa shape index (κ3) is 2.63. The van der Waals surface area contributed by atoms with Gasteiger partial charge in [0.15, 0.2) is 0 Å². The summed E-state index contributed by atoms with van der Waals surface area (Å²) < 4.78 is 0. The van der Waals surface area contributed by atoms with Crippen molar-refractivity contribution in [2.45, 2.75) is 19.8 Å². The van der Waals surface area contributed by atoms with Crippen LogP contribution < -0.4 is 5.73 Å². The highest BCUT2D eigenvalue weighted by molar-refractivity contribution is 5.32. The lowest BCUT2D eigenvalue weighted by atomic mass is 10.1. The molecule has 0 fully saturated rings. The molecular formula is C10H12N2. The van der Waals surface area contributed by atoms with E-state index in [4.69, 9.17) is 5.73 Å². The summed E-state index contributed by atoms with van der Waals surface area (Å²) in [5, 5.41) is 0. The van der Waals surface area contributed by atoms with Crippen LogP contribution in [0.3, 0.4) is 0 Å². The van der Waals surface area contributed by atoms with Gasteiger partial charge in [0.2, 0.25) is 0 Å². The Kier molecular flexibility index (Phi) is 3.16. The van der Waals surface area contributed by atoms with E-state index >= 15 is 0 Å². The maximum atomic E-state index is 5.52. The number of nitrogens with zero attached hydrogens (tertiary/aromatic N) is 1. The number of rotatable bonds is 2. The topological polar surface area (TPSA) is 38.9 Å². The highest BCUT2D eigenvalue weighted by atomic mass is 14.8. The van der Waals surface area contributed by atoms with Gasteiger partial charge in [0, 0.05) is 12.6 Å². The van der Waals surface area contributed by atoms with Gasteiger partial charge in [-0.3, -0.25) is 0 Å². The second-order valence-corrected chi connectivity index (χ2v) is 2.52. The maximum Gasteiger partial charge on any atom is 0.123 e. The lowest BCUT2D eigenvalue weighted by molar-refractivity contribution is 1.02. The van der Waals surface area contributed by atoms with Gasteiger partial charge in [0.25, 0.3) is 0 Å². The molecule has 0 unspecified atom stereocenters. The normalized spacial score (nSPS) is 8.75. The largest absolute Gasteiger partial charge is 0.384 e. The zero-order valence-electron chi connectivity index (χ0n) is 7.17. The van der Waals surface area contributed by atoms with E-state index in [2.05, 4.69) is 16.8 Å². The second kappa shape index (κ2) is 4.40. The van der Waals surface area contributed by atoms with Gasteiger partial charge in [-0.05, 0) is 31.0 Å². The Morgan fingerprint density at radius 3 is 3.08 bits per heavy atom. The van der Waals surface area contributed by atoms with Crippen LogP contribution in [-0.4, -0.2) is 4.98 Å². The van der Waals surface area contributed by atoms with Crippen LogP contribution in [0.5, 0.6) is 0 Å². The first kappa shape index (κ1) is 8.61. The van der Waals surface area contributed by atoms with Crippen LogP contribution in [0.1, 0.15) is 18.9 Å². The Morgan fingerprint density at radius 2 is 2.42 bits per heavy atom. The number of anilines is 1. The van der Waals surface area contributed by atoms with E-state index in [0.717, 1.165) is 12.8 Å². The summed E-state index contributed by atoms with van der Waals surface area (Å²) in [5.41, 5.74) is 6.71. The number of hydrogen-bond acceptors (Lipinski definition) is 2. The Labute approximate surface area is 72.8 Å². The lowest BCUT2D eigenvalue weighted by Crippen LogP contribution is -1.91. The Morgan fingerprint density at radius 1 is 1.58 bits per heavy atom. The van der Waals surface area contributed by atoms with E-state index in [-0.39, 0.29) is 0 Å². The Bertz CT molecular complexity index is 307. The van der Waals surface area contributed by atoms with Crippen molar-refractivity contribution >= 4 is 5.82 Å². The molecule has 0 aliphatic rings. The molecule has 2 nitrogen and oxygen atoms in total. The standard InChI is InChI=1S/C10H12N2/c1-2-3-4-5-9-6-7-12-10(11)8-9/h6-8H,4-5H2,1H3,(H2,11,12). The fourth-order valence-corrected chi connectivity index (χ4v) is 0.982. The molecule has 1 rings (SSSR count). The molecule has 2 heteroatoms. The third-order valence-corrected chi connectivity index (χ3v) is 1.56. The zero-order chi connectivity index (χ0) is 8.81. The van der Waals surface area contributed by atoms with E-state index in [0.29, 0.717) is 5.82 Å². The average molecular weight is 160 g/mol. The summed E-state index contributed by atoms with van der Waals surface area (Å²) >= 11 is 0. The Balaban J connectivity index is 2.55. The molecule has 12 heavy (non-hydrogen) atoms. The van der Waals surface area contributed by atoms with Crippen LogP contribution in [-0.2, 0) is 6.42 Å². The average Bonchev–Trinajstić information content (AvgIpc) is 2.05. The number of aryl methyl sites for hydroxylation is 1. The third-order valence-electron chi connectivity index (χ3n) is 1.56. The molecule has 0 saturated heterocycles. The monoisotopic (exact) mass is 160 g/mol. The summed E-state index contributed by atoms with van der Waals surface area (Å²) in [7, 11) is 0. The van der Waals surface area contributed by atoms with E-state index in [1.807, 2.05) is 19.1 Å². The van der Waals surface area contributed by atoms with Gasteiger partial charge < -0.3 is 5.73 Å². The van der Waals surface area contributed by atoms with Gasteiger partial charge in [-0.2, -0.15) is 0 Å². The summed E-state index contributed by atoms with van der Waals surface area (Å²) in [4.78, 5) is 3.91. The number of hydrogen-bond donors (Lipinski definition) is 1. The van der Waals surface area contributed by atoms with Gasteiger partial charge in [-0.1, -0.05) is 0 Å². The lowest BCUT2D eigenvalue weighted by Gasteiger charge is -1.97. The molecule has 0 aromatic carbocycles. The maximum absolute atomic E-state index is 5.52. The van der Waals surface area contributed by atoms with Gasteiger partial charge in [-0.25, -0.2) is 4.98 Å². The van der Waals surface area contributed by atoms with Crippen molar-refractivity contribution in [1.82, 2.24) is 4.98 Å². The van der Waals surface area contributed by atoms with Crippen LogP contribution in [0.2, 0.25) is 0 Å². The van der Waals surface area contributed by atoms with E-state index in [1.165, 1.54) is 5.56 Å². The predicted octanol–water partition coefficient (Wildman–Crippen LogP) is 1.62. The van der Waals surface area contributed by atoms with Gasteiger partial charge in [0.1, 0.15) is 5.82 Å². The van der Waals surface area contributed by atoms with Gasteiger partial charge >= 0.3 is 0 Å². The minimum Gasteiger partial charge on any atom is -0.384 e. The number of pyridine rings is 1. The van der Waals surface area contributed by atoms with Crippen molar-refractivity contribution in [2.24, 2.45) is 0 Å². The molecule has 1 heterocycles. The molecule has 1 aromatic heterocycles. The zero-order valence-corrected chi connectivity index (χ0v) is 7.17. The van der Waals surface area contributed by atoms with Gasteiger partial charge in [-0.15, -0.1) is 11.8 Å². The van der Waals surface area contributed by atoms with Crippen LogP contribution in [0.25, 0.3) is 0 Å². The van der Waals surface area contributed by atoms with Crippen LogP contribution >= 0.6 is 0 Å². The fraction of sp³-hybridized carbons (Fsp3) is 0.300. The summed E-state index contributed by atoms with van der Waals surface area (Å²) in [6, 6.07) is 3.85. The van der Waals surface area contributed by atoms with E-state index in [9.17, 15) is 0 Å². The molecule has 0 amide bonds. The van der Waals surface area contributed by atoms with Crippen molar-refractivity contribution in [3.8, 4) is 11.8 Å². The first-order chi connectivity index (χ1) is 5.83. The van der Waals surface area contributed by atoms with Crippen molar-refractivity contribution in [1.29, 1.82) is 0 Å². The Hall–Kier alpha value is -1.49.